The molecule has 2 aromatic rings. The first-order chi connectivity index (χ1) is 9.66. The van der Waals surface area contributed by atoms with Gasteiger partial charge in [0.25, 0.3) is 0 Å². The van der Waals surface area contributed by atoms with Gasteiger partial charge in [-0.3, -0.25) is 4.90 Å². The maximum Gasteiger partial charge on any atom is 0.0573 e. The van der Waals surface area contributed by atoms with Crippen molar-refractivity contribution in [2.75, 3.05) is 6.54 Å². The van der Waals surface area contributed by atoms with Crippen molar-refractivity contribution in [3.05, 3.63) is 68.9 Å². The van der Waals surface area contributed by atoms with Crippen molar-refractivity contribution in [1.82, 2.24) is 4.90 Å². The van der Waals surface area contributed by atoms with E-state index >= 15 is 0 Å². The van der Waals surface area contributed by atoms with Crippen molar-refractivity contribution in [2.24, 2.45) is 0 Å². The molecule has 0 bridgehead atoms. The number of hydrogen-bond acceptors (Lipinski definition) is 2. The van der Waals surface area contributed by atoms with Crippen LogP contribution in [-0.4, -0.2) is 11.4 Å². The molecular formula is C17H18ClNS. The fourth-order valence-corrected chi connectivity index (χ4v) is 4.09. The molecule has 1 aliphatic heterocycles. The summed E-state index contributed by atoms with van der Waals surface area (Å²) in [5.41, 5.74) is 3.77. The van der Waals surface area contributed by atoms with Gasteiger partial charge in [0.2, 0.25) is 0 Å². The molecule has 104 valence electrons. The molecule has 0 aliphatic carbocycles. The van der Waals surface area contributed by atoms with Gasteiger partial charge in [0.1, 0.15) is 0 Å². The summed E-state index contributed by atoms with van der Waals surface area (Å²) in [5, 5.41) is 3.02. The van der Waals surface area contributed by atoms with Crippen LogP contribution in [0.2, 0.25) is 5.02 Å². The van der Waals surface area contributed by atoms with Crippen LogP contribution in [0.5, 0.6) is 0 Å². The number of thiophene rings is 1. The van der Waals surface area contributed by atoms with Gasteiger partial charge in [-0.05, 0) is 42.0 Å². The summed E-state index contributed by atoms with van der Waals surface area (Å²) in [6, 6.07) is 10.6. The maximum atomic E-state index is 6.40. The van der Waals surface area contributed by atoms with Crippen LogP contribution in [0.1, 0.15) is 29.0 Å². The fraction of sp³-hybridized carbons (Fsp3) is 0.294. The third-order valence-electron chi connectivity index (χ3n) is 3.87. The van der Waals surface area contributed by atoms with Crippen LogP contribution in [0.15, 0.2) is 47.9 Å². The van der Waals surface area contributed by atoms with Crippen LogP contribution < -0.4 is 0 Å². The zero-order valence-corrected chi connectivity index (χ0v) is 13.2. The predicted molar refractivity (Wildman–Crippen MR) is 87.4 cm³/mol. The van der Waals surface area contributed by atoms with Gasteiger partial charge in [-0.15, -0.1) is 11.3 Å². The summed E-state index contributed by atoms with van der Waals surface area (Å²) < 4.78 is 0. The Bertz CT molecular complexity index is 631. The highest BCUT2D eigenvalue weighted by molar-refractivity contribution is 7.10. The van der Waals surface area contributed by atoms with Crippen LogP contribution in [0.25, 0.3) is 0 Å². The van der Waals surface area contributed by atoms with Crippen LogP contribution in [-0.2, 0) is 13.0 Å². The molecule has 0 radical (unpaired) electrons. The van der Waals surface area contributed by atoms with Crippen LogP contribution >= 0.6 is 22.9 Å². The molecule has 1 nitrogen and oxygen atoms in total. The third kappa shape index (κ3) is 2.56. The second-order valence-corrected chi connectivity index (χ2v) is 6.77. The number of hydrogen-bond donors (Lipinski definition) is 0. The molecule has 3 rings (SSSR count). The lowest BCUT2D eigenvalue weighted by atomic mass is 9.96. The van der Waals surface area contributed by atoms with E-state index < -0.39 is 0 Å². The highest BCUT2D eigenvalue weighted by atomic mass is 35.5. The predicted octanol–water partition coefficient (Wildman–Crippen LogP) is 5.08. The number of halogens is 1. The van der Waals surface area contributed by atoms with Crippen LogP contribution in [0, 0.1) is 0 Å². The van der Waals surface area contributed by atoms with Gasteiger partial charge in [-0.25, -0.2) is 0 Å². The van der Waals surface area contributed by atoms with Crippen molar-refractivity contribution in [3.63, 3.8) is 0 Å². The minimum Gasteiger partial charge on any atom is -0.288 e. The second-order valence-electron chi connectivity index (χ2n) is 5.36. The van der Waals surface area contributed by atoms with Crippen molar-refractivity contribution >= 4 is 22.9 Å². The molecule has 1 aromatic heterocycles. The zero-order chi connectivity index (χ0) is 14.1. The molecule has 1 atom stereocenters. The number of nitrogens with zero attached hydrogens (tertiary/aromatic N) is 1. The lowest BCUT2D eigenvalue weighted by molar-refractivity contribution is 0.205. The van der Waals surface area contributed by atoms with E-state index in [4.69, 9.17) is 11.6 Å². The van der Waals surface area contributed by atoms with Gasteiger partial charge in [0, 0.05) is 23.0 Å². The van der Waals surface area contributed by atoms with Crippen molar-refractivity contribution in [2.45, 2.75) is 25.9 Å². The number of rotatable bonds is 3. The molecule has 0 fully saturated rings. The molecule has 20 heavy (non-hydrogen) atoms. The highest BCUT2D eigenvalue weighted by Gasteiger charge is 2.27. The lowest BCUT2D eigenvalue weighted by Gasteiger charge is -2.35. The Labute approximate surface area is 129 Å². The molecule has 2 heterocycles. The Balaban J connectivity index is 1.93. The summed E-state index contributed by atoms with van der Waals surface area (Å²) >= 11 is 8.27. The van der Waals surface area contributed by atoms with E-state index in [0.717, 1.165) is 30.1 Å². The fourth-order valence-electron chi connectivity index (χ4n) is 2.96. The Kier molecular flexibility index (Phi) is 3.97. The van der Waals surface area contributed by atoms with Crippen LogP contribution in [0.4, 0.5) is 0 Å². The third-order valence-corrected chi connectivity index (χ3v) is 5.24. The molecular weight excluding hydrogens is 286 g/mol. The first-order valence-corrected chi connectivity index (χ1v) is 8.11. The topological polar surface area (TPSA) is 3.24 Å². The molecule has 3 heteroatoms. The molecule has 0 saturated heterocycles. The van der Waals surface area contributed by atoms with Gasteiger partial charge in [0.15, 0.2) is 0 Å². The van der Waals surface area contributed by atoms with Gasteiger partial charge < -0.3 is 0 Å². The smallest absolute Gasteiger partial charge is 0.0573 e. The molecule has 1 aromatic carbocycles. The largest absolute Gasteiger partial charge is 0.288 e. The van der Waals surface area contributed by atoms with E-state index in [1.165, 1.54) is 16.0 Å². The summed E-state index contributed by atoms with van der Waals surface area (Å²) in [7, 11) is 0. The van der Waals surface area contributed by atoms with Gasteiger partial charge in [-0.1, -0.05) is 42.0 Å². The van der Waals surface area contributed by atoms with Crippen molar-refractivity contribution in [1.29, 1.82) is 0 Å². The van der Waals surface area contributed by atoms with Gasteiger partial charge in [0.05, 0.1) is 6.04 Å². The normalized spacial score (nSPS) is 16.7. The molecule has 0 unspecified atom stereocenters. The monoisotopic (exact) mass is 303 g/mol. The summed E-state index contributed by atoms with van der Waals surface area (Å²) in [6.45, 7) is 8.34. The average Bonchev–Trinajstić information content (AvgIpc) is 2.88. The summed E-state index contributed by atoms with van der Waals surface area (Å²) in [6.07, 6.45) is 1.13. The number of benzene rings is 1. The number of fused-ring (bicyclic) bond motifs is 1. The van der Waals surface area contributed by atoms with E-state index in [0.29, 0.717) is 0 Å². The molecule has 0 saturated carbocycles. The maximum absolute atomic E-state index is 6.40. The molecule has 0 N–H and O–H groups in total. The summed E-state index contributed by atoms with van der Waals surface area (Å²) in [4.78, 5) is 4.01. The van der Waals surface area contributed by atoms with E-state index in [1.807, 2.05) is 23.5 Å². The Morgan fingerprint density at radius 2 is 2.15 bits per heavy atom. The first-order valence-electron chi connectivity index (χ1n) is 6.86. The molecule has 0 spiro atoms. The van der Waals surface area contributed by atoms with E-state index in [9.17, 15) is 0 Å². The average molecular weight is 304 g/mol. The Morgan fingerprint density at radius 1 is 1.35 bits per heavy atom. The standard InChI is InChI=1S/C17H18ClNS/c1-12(2)17(14-5-3-4-6-15(14)18)19-9-7-16-13(11-19)8-10-20-16/h3-6,8,10,17H,1,7,9,11H2,2H3/t17-/m1/s1. The van der Waals surface area contributed by atoms with E-state index in [2.05, 4.69) is 42.0 Å². The minimum absolute atomic E-state index is 0.205. The van der Waals surface area contributed by atoms with Crippen molar-refractivity contribution in [3.8, 4) is 0 Å². The Hall–Kier alpha value is -1.09. The Morgan fingerprint density at radius 3 is 2.90 bits per heavy atom. The van der Waals surface area contributed by atoms with E-state index in [1.54, 1.807) is 0 Å². The van der Waals surface area contributed by atoms with Crippen molar-refractivity contribution < 1.29 is 0 Å². The highest BCUT2D eigenvalue weighted by Crippen LogP contribution is 2.36. The minimum atomic E-state index is 0.205. The SMILES string of the molecule is C=C(C)[C@H](c1ccccc1Cl)N1CCc2sccc2C1. The zero-order valence-electron chi connectivity index (χ0n) is 11.6. The first kappa shape index (κ1) is 13.9. The summed E-state index contributed by atoms with van der Waals surface area (Å²) in [5.74, 6) is 0. The van der Waals surface area contributed by atoms with Gasteiger partial charge in [-0.2, -0.15) is 0 Å². The second kappa shape index (κ2) is 5.72. The lowest BCUT2D eigenvalue weighted by Crippen LogP contribution is -2.34. The van der Waals surface area contributed by atoms with E-state index in [-0.39, 0.29) is 6.04 Å². The van der Waals surface area contributed by atoms with Crippen LogP contribution in [0.3, 0.4) is 0 Å². The quantitative estimate of drug-likeness (QED) is 0.715. The molecule has 1 aliphatic rings. The van der Waals surface area contributed by atoms with Gasteiger partial charge >= 0.3 is 0 Å². The molecule has 0 amide bonds.